The molecule has 3 aromatic rings. The topological polar surface area (TPSA) is 145 Å². The highest BCUT2D eigenvalue weighted by molar-refractivity contribution is 5.94. The monoisotopic (exact) mass is 450 g/mol. The van der Waals surface area contributed by atoms with Crippen LogP contribution in [0, 0.1) is 12.3 Å². The van der Waals surface area contributed by atoms with Crippen LogP contribution in [0.15, 0.2) is 54.9 Å². The second kappa shape index (κ2) is 10.0. The quantitative estimate of drug-likeness (QED) is 0.196. The Hall–Kier alpha value is -4.05. The van der Waals surface area contributed by atoms with E-state index in [-0.39, 0.29) is 19.0 Å². The summed E-state index contributed by atoms with van der Waals surface area (Å²) in [7, 11) is 0. The number of esters is 1. The fourth-order valence-electron chi connectivity index (χ4n) is 3.26. The molecule has 0 aliphatic heterocycles. The molecular weight excluding hydrogens is 424 g/mol. The molecule has 172 valence electrons. The number of pyridine rings is 1. The fraction of sp³-hybridized carbons (Fsp3) is 0.261. The normalized spacial score (nSPS) is 12.6. The lowest BCUT2D eigenvalue weighted by Gasteiger charge is -2.31. The fourth-order valence-corrected chi connectivity index (χ4v) is 3.26. The van der Waals surface area contributed by atoms with E-state index in [2.05, 4.69) is 15.4 Å². The van der Waals surface area contributed by atoms with Gasteiger partial charge in [-0.15, -0.1) is 0 Å². The number of nitrogens with two attached hydrogens (primary N) is 1. The summed E-state index contributed by atoms with van der Waals surface area (Å²) in [4.78, 5) is 29.5. The number of benzene rings is 1. The highest BCUT2D eigenvalue weighted by Gasteiger charge is 2.47. The minimum absolute atomic E-state index is 0.0469. The van der Waals surface area contributed by atoms with E-state index in [1.54, 1.807) is 62.6 Å². The molecule has 0 aliphatic carbocycles. The van der Waals surface area contributed by atoms with Gasteiger partial charge in [0.05, 0.1) is 12.3 Å². The van der Waals surface area contributed by atoms with Gasteiger partial charge in [0.1, 0.15) is 5.84 Å². The molecule has 0 bridgehead atoms. The van der Waals surface area contributed by atoms with Crippen molar-refractivity contribution in [1.29, 1.82) is 5.41 Å². The van der Waals surface area contributed by atoms with Gasteiger partial charge in [0.2, 0.25) is 0 Å². The number of nitrogens with zero attached hydrogens (tertiary/aromatic N) is 3. The van der Waals surface area contributed by atoms with Crippen molar-refractivity contribution in [2.75, 3.05) is 6.61 Å². The molecule has 10 nitrogen and oxygen atoms in total. The van der Waals surface area contributed by atoms with Gasteiger partial charge in [-0.1, -0.05) is 24.3 Å². The summed E-state index contributed by atoms with van der Waals surface area (Å²) < 4.78 is 12.5. The third-order valence-corrected chi connectivity index (χ3v) is 4.75. The number of ether oxygens (including phenoxy) is 2. The minimum atomic E-state index is -2.13. The standard InChI is InChI=1S/C23H26N6O4/c1-4-32-23(33-16(3)30,22(31)27-13-17-7-9-18(10-8-17)21(24)25)29-15(2)12-20(28-29)19-6-5-11-26-14-19/h5-12,14H,4,13H2,1-3H3,(H3,24,25)(H,27,31)/t23-/m0/s1. The zero-order valence-corrected chi connectivity index (χ0v) is 18.7. The highest BCUT2D eigenvalue weighted by atomic mass is 16.7. The number of aromatic nitrogens is 3. The summed E-state index contributed by atoms with van der Waals surface area (Å²) >= 11 is 0. The average molecular weight is 450 g/mol. The highest BCUT2D eigenvalue weighted by Crippen LogP contribution is 2.27. The van der Waals surface area contributed by atoms with E-state index in [9.17, 15) is 9.59 Å². The Balaban J connectivity index is 1.95. The van der Waals surface area contributed by atoms with Gasteiger partial charge in [0.15, 0.2) is 0 Å². The number of nitrogen functional groups attached to an aromatic ring is 1. The van der Waals surface area contributed by atoms with Gasteiger partial charge < -0.3 is 20.5 Å². The van der Waals surface area contributed by atoms with Crippen LogP contribution < -0.4 is 11.1 Å². The van der Waals surface area contributed by atoms with Gasteiger partial charge in [-0.05, 0) is 37.6 Å². The van der Waals surface area contributed by atoms with Crippen molar-refractivity contribution in [3.8, 4) is 11.3 Å². The number of aryl methyl sites for hydroxylation is 1. The lowest BCUT2D eigenvalue weighted by molar-refractivity contribution is -0.268. The number of hydrogen-bond acceptors (Lipinski definition) is 7. The Bertz CT molecular complexity index is 1140. The third-order valence-electron chi connectivity index (χ3n) is 4.75. The lowest BCUT2D eigenvalue weighted by Crippen LogP contribution is -2.54. The van der Waals surface area contributed by atoms with Crippen molar-refractivity contribution < 1.29 is 19.1 Å². The number of carbonyl (C=O) groups excluding carboxylic acids is 2. The van der Waals surface area contributed by atoms with Crippen LogP contribution in [0.5, 0.6) is 0 Å². The van der Waals surface area contributed by atoms with Gasteiger partial charge >= 0.3 is 17.8 Å². The molecule has 2 heterocycles. The Morgan fingerprint density at radius 1 is 1.24 bits per heavy atom. The van der Waals surface area contributed by atoms with Crippen LogP contribution in [-0.2, 0) is 31.5 Å². The number of amides is 1. The van der Waals surface area contributed by atoms with E-state index >= 15 is 0 Å². The molecule has 0 radical (unpaired) electrons. The molecule has 0 unspecified atom stereocenters. The van der Waals surface area contributed by atoms with Crippen molar-refractivity contribution in [2.24, 2.45) is 5.73 Å². The van der Waals surface area contributed by atoms with E-state index in [0.29, 0.717) is 17.0 Å². The molecular formula is C23H26N6O4. The number of carbonyl (C=O) groups is 2. The first-order chi connectivity index (χ1) is 15.8. The third kappa shape index (κ3) is 5.24. The molecule has 1 aromatic carbocycles. The van der Waals surface area contributed by atoms with Gasteiger partial charge in [0.25, 0.3) is 0 Å². The molecule has 10 heteroatoms. The molecule has 0 saturated carbocycles. The smallest absolute Gasteiger partial charge is 0.400 e. The van der Waals surface area contributed by atoms with E-state index in [4.69, 9.17) is 20.6 Å². The van der Waals surface area contributed by atoms with Crippen LogP contribution in [0.2, 0.25) is 0 Å². The van der Waals surface area contributed by atoms with Crippen LogP contribution in [0.4, 0.5) is 0 Å². The summed E-state index contributed by atoms with van der Waals surface area (Å²) in [5.74, 6) is -3.58. The second-order valence-corrected chi connectivity index (χ2v) is 7.23. The largest absolute Gasteiger partial charge is 0.404 e. The summed E-state index contributed by atoms with van der Waals surface area (Å²) in [6.07, 6.45) is 3.29. The molecule has 0 fully saturated rings. The Kier molecular flexibility index (Phi) is 7.19. The predicted octanol–water partition coefficient (Wildman–Crippen LogP) is 2.06. The van der Waals surface area contributed by atoms with Crippen molar-refractivity contribution in [1.82, 2.24) is 20.1 Å². The van der Waals surface area contributed by atoms with Crippen LogP contribution >= 0.6 is 0 Å². The van der Waals surface area contributed by atoms with Crippen molar-refractivity contribution in [3.63, 3.8) is 0 Å². The van der Waals surface area contributed by atoms with Crippen molar-refractivity contribution in [3.05, 3.63) is 71.7 Å². The lowest BCUT2D eigenvalue weighted by atomic mass is 10.1. The Morgan fingerprint density at radius 3 is 2.55 bits per heavy atom. The first kappa shape index (κ1) is 23.6. The minimum Gasteiger partial charge on any atom is -0.404 e. The molecule has 0 saturated heterocycles. The number of amidine groups is 1. The molecule has 4 N–H and O–H groups in total. The SMILES string of the molecule is CCO[C@](OC(C)=O)(C(=O)NCc1ccc(C(=N)N)cc1)n1nc(-c2cccnc2)cc1C. The maximum absolute atomic E-state index is 13.4. The molecule has 2 aromatic heterocycles. The van der Waals surface area contributed by atoms with Crippen LogP contribution in [0.25, 0.3) is 11.3 Å². The number of nitrogens with one attached hydrogen (secondary N) is 2. The first-order valence-corrected chi connectivity index (χ1v) is 10.3. The zero-order chi connectivity index (χ0) is 24.0. The van der Waals surface area contributed by atoms with Gasteiger partial charge in [-0.3, -0.25) is 20.0 Å². The Morgan fingerprint density at radius 2 is 1.97 bits per heavy atom. The summed E-state index contributed by atoms with van der Waals surface area (Å²) in [6.45, 7) is 4.82. The molecule has 3 rings (SSSR count). The van der Waals surface area contributed by atoms with E-state index in [1.807, 2.05) is 6.07 Å². The molecule has 1 amide bonds. The van der Waals surface area contributed by atoms with Gasteiger partial charge in [-0.25, -0.2) is 0 Å². The summed E-state index contributed by atoms with van der Waals surface area (Å²) in [6, 6.07) is 12.2. The van der Waals surface area contributed by atoms with Crippen LogP contribution in [-0.4, -0.2) is 39.1 Å². The molecule has 33 heavy (non-hydrogen) atoms. The van der Waals surface area contributed by atoms with Gasteiger partial charge in [0, 0.05) is 42.7 Å². The summed E-state index contributed by atoms with van der Waals surface area (Å²) in [5, 5.41) is 14.7. The number of hydrogen-bond donors (Lipinski definition) is 3. The molecule has 0 spiro atoms. The van der Waals surface area contributed by atoms with Crippen molar-refractivity contribution in [2.45, 2.75) is 33.2 Å². The predicted molar refractivity (Wildman–Crippen MR) is 121 cm³/mol. The van der Waals surface area contributed by atoms with E-state index in [0.717, 1.165) is 11.1 Å². The zero-order valence-electron chi connectivity index (χ0n) is 18.7. The second-order valence-electron chi connectivity index (χ2n) is 7.23. The molecule has 1 atom stereocenters. The van der Waals surface area contributed by atoms with Crippen LogP contribution in [0.1, 0.15) is 30.7 Å². The number of rotatable bonds is 9. The van der Waals surface area contributed by atoms with E-state index in [1.165, 1.54) is 11.6 Å². The Labute approximate surface area is 191 Å². The summed E-state index contributed by atoms with van der Waals surface area (Å²) in [5.41, 5.74) is 8.64. The van der Waals surface area contributed by atoms with Crippen LogP contribution in [0.3, 0.4) is 0 Å². The van der Waals surface area contributed by atoms with Gasteiger partial charge in [-0.2, -0.15) is 9.78 Å². The van der Waals surface area contributed by atoms with Crippen molar-refractivity contribution >= 4 is 17.7 Å². The van der Waals surface area contributed by atoms with E-state index < -0.39 is 17.8 Å². The maximum atomic E-state index is 13.4. The first-order valence-electron chi connectivity index (χ1n) is 10.3. The maximum Gasteiger partial charge on any atom is 0.400 e. The average Bonchev–Trinajstić information content (AvgIpc) is 3.19. The molecule has 0 aliphatic rings.